The number of esters is 2. The third-order valence-electron chi connectivity index (χ3n) is 3.26. The zero-order valence-corrected chi connectivity index (χ0v) is 14.8. The SMILES string of the molecule is CCOC(=O)c1ccccc1NC(=O)COC(=O)c1cc(F)c(F)cc1Cl. The van der Waals surface area contributed by atoms with Crippen molar-refractivity contribution in [3.05, 3.63) is 64.2 Å². The number of halogens is 3. The molecule has 0 unspecified atom stereocenters. The van der Waals surface area contributed by atoms with E-state index in [4.69, 9.17) is 21.1 Å². The second-order valence-electron chi connectivity index (χ2n) is 5.14. The van der Waals surface area contributed by atoms with Crippen LogP contribution in [0.2, 0.25) is 5.02 Å². The van der Waals surface area contributed by atoms with Gasteiger partial charge in [0.25, 0.3) is 5.91 Å². The molecular weight excluding hydrogens is 384 g/mol. The van der Waals surface area contributed by atoms with Crippen LogP contribution >= 0.6 is 11.6 Å². The molecule has 142 valence electrons. The van der Waals surface area contributed by atoms with E-state index in [0.29, 0.717) is 12.1 Å². The molecule has 0 fully saturated rings. The maximum atomic E-state index is 13.2. The van der Waals surface area contributed by atoms with Crippen LogP contribution in [0.3, 0.4) is 0 Å². The Morgan fingerprint density at radius 2 is 1.63 bits per heavy atom. The van der Waals surface area contributed by atoms with Crippen LogP contribution in [0.15, 0.2) is 36.4 Å². The van der Waals surface area contributed by atoms with Crippen LogP contribution in [-0.2, 0) is 14.3 Å². The first-order chi connectivity index (χ1) is 12.8. The summed E-state index contributed by atoms with van der Waals surface area (Å²) in [4.78, 5) is 35.7. The van der Waals surface area contributed by atoms with Crippen LogP contribution in [0.4, 0.5) is 14.5 Å². The lowest BCUT2D eigenvalue weighted by molar-refractivity contribution is -0.119. The van der Waals surface area contributed by atoms with Crippen LogP contribution < -0.4 is 5.32 Å². The molecule has 0 aliphatic heterocycles. The number of carbonyl (C=O) groups is 3. The highest BCUT2D eigenvalue weighted by molar-refractivity contribution is 6.33. The van der Waals surface area contributed by atoms with Crippen molar-refractivity contribution in [1.29, 1.82) is 0 Å². The lowest BCUT2D eigenvalue weighted by atomic mass is 10.2. The quantitative estimate of drug-likeness (QED) is 0.595. The van der Waals surface area contributed by atoms with Crippen LogP contribution in [0.25, 0.3) is 0 Å². The van der Waals surface area contributed by atoms with Gasteiger partial charge in [-0.3, -0.25) is 4.79 Å². The molecule has 9 heteroatoms. The number of anilines is 1. The molecule has 0 aliphatic rings. The second kappa shape index (κ2) is 9.09. The van der Waals surface area contributed by atoms with Gasteiger partial charge in [0, 0.05) is 0 Å². The zero-order chi connectivity index (χ0) is 20.0. The minimum absolute atomic E-state index is 0.127. The van der Waals surface area contributed by atoms with E-state index in [0.717, 1.165) is 0 Å². The van der Waals surface area contributed by atoms with Crippen LogP contribution in [0.5, 0.6) is 0 Å². The molecule has 0 saturated heterocycles. The molecule has 0 aromatic heterocycles. The van der Waals surface area contributed by atoms with Gasteiger partial charge in [-0.1, -0.05) is 23.7 Å². The fourth-order valence-electron chi connectivity index (χ4n) is 2.05. The first kappa shape index (κ1) is 20.3. The summed E-state index contributed by atoms with van der Waals surface area (Å²) >= 11 is 5.67. The number of para-hydroxylation sites is 1. The van der Waals surface area contributed by atoms with Crippen molar-refractivity contribution in [2.75, 3.05) is 18.5 Å². The molecular formula is C18H14ClF2NO5. The lowest BCUT2D eigenvalue weighted by Crippen LogP contribution is -2.22. The van der Waals surface area contributed by atoms with Gasteiger partial charge >= 0.3 is 11.9 Å². The van der Waals surface area contributed by atoms with E-state index in [9.17, 15) is 23.2 Å². The first-order valence-electron chi connectivity index (χ1n) is 7.71. The van der Waals surface area contributed by atoms with Crippen molar-refractivity contribution in [2.24, 2.45) is 0 Å². The van der Waals surface area contributed by atoms with E-state index in [1.54, 1.807) is 19.1 Å². The van der Waals surface area contributed by atoms with Gasteiger partial charge in [0.15, 0.2) is 18.2 Å². The Morgan fingerprint density at radius 1 is 1.00 bits per heavy atom. The van der Waals surface area contributed by atoms with Crippen LogP contribution in [0, 0.1) is 11.6 Å². The largest absolute Gasteiger partial charge is 0.462 e. The standard InChI is InChI=1S/C18H14ClF2NO5/c1-2-26-17(24)10-5-3-4-6-15(10)22-16(23)9-27-18(25)11-7-13(20)14(21)8-12(11)19/h3-8H,2,9H2,1H3,(H,22,23). The van der Waals surface area contributed by atoms with Crippen molar-refractivity contribution in [2.45, 2.75) is 6.92 Å². The Balaban J connectivity index is 2.02. The molecule has 0 spiro atoms. The van der Waals surface area contributed by atoms with Gasteiger partial charge in [0.2, 0.25) is 0 Å². The lowest BCUT2D eigenvalue weighted by Gasteiger charge is -2.11. The first-order valence-corrected chi connectivity index (χ1v) is 8.09. The van der Waals surface area contributed by atoms with Crippen molar-refractivity contribution in [3.8, 4) is 0 Å². The van der Waals surface area contributed by atoms with Crippen molar-refractivity contribution in [3.63, 3.8) is 0 Å². The van der Waals surface area contributed by atoms with Crippen molar-refractivity contribution in [1.82, 2.24) is 0 Å². The summed E-state index contributed by atoms with van der Waals surface area (Å²) in [5, 5.41) is 2.05. The molecule has 0 radical (unpaired) electrons. The highest BCUT2D eigenvalue weighted by atomic mass is 35.5. The summed E-state index contributed by atoms with van der Waals surface area (Å²) in [6, 6.07) is 7.31. The minimum atomic E-state index is -1.28. The maximum absolute atomic E-state index is 13.2. The summed E-state index contributed by atoms with van der Waals surface area (Å²) in [7, 11) is 0. The third-order valence-corrected chi connectivity index (χ3v) is 3.57. The number of hydrogen-bond donors (Lipinski definition) is 1. The maximum Gasteiger partial charge on any atom is 0.340 e. The molecule has 0 saturated carbocycles. The molecule has 0 aliphatic carbocycles. The summed E-state index contributed by atoms with van der Waals surface area (Å²) in [5.41, 5.74) is -0.124. The predicted octanol–water partition coefficient (Wildman–Crippen LogP) is 3.59. The molecule has 6 nitrogen and oxygen atoms in total. The molecule has 27 heavy (non-hydrogen) atoms. The van der Waals surface area contributed by atoms with Crippen molar-refractivity contribution >= 4 is 35.1 Å². The number of amides is 1. The number of hydrogen-bond acceptors (Lipinski definition) is 5. The van der Waals surface area contributed by atoms with Crippen LogP contribution in [0.1, 0.15) is 27.6 Å². The summed E-state index contributed by atoms with van der Waals surface area (Å²) < 4.78 is 35.9. The Kier molecular flexibility index (Phi) is 6.84. The summed E-state index contributed by atoms with van der Waals surface area (Å²) in [5.74, 6) is -4.98. The zero-order valence-electron chi connectivity index (χ0n) is 14.1. The molecule has 2 aromatic rings. The number of rotatable bonds is 6. The fourth-order valence-corrected chi connectivity index (χ4v) is 2.28. The second-order valence-corrected chi connectivity index (χ2v) is 5.54. The average Bonchev–Trinajstić information content (AvgIpc) is 2.63. The smallest absolute Gasteiger partial charge is 0.340 e. The number of carbonyl (C=O) groups excluding carboxylic acids is 3. The topological polar surface area (TPSA) is 81.7 Å². The van der Waals surface area contributed by atoms with Gasteiger partial charge in [0.05, 0.1) is 28.4 Å². The van der Waals surface area contributed by atoms with E-state index in [1.165, 1.54) is 12.1 Å². The summed E-state index contributed by atoms with van der Waals surface area (Å²) in [6.07, 6.45) is 0. The molecule has 2 rings (SSSR count). The van der Waals surface area contributed by atoms with Gasteiger partial charge in [-0.15, -0.1) is 0 Å². The highest BCUT2D eigenvalue weighted by Crippen LogP contribution is 2.21. The third kappa shape index (κ3) is 5.24. The van der Waals surface area contributed by atoms with E-state index in [-0.39, 0.29) is 22.9 Å². The molecule has 2 aromatic carbocycles. The Morgan fingerprint density at radius 3 is 2.33 bits per heavy atom. The minimum Gasteiger partial charge on any atom is -0.462 e. The van der Waals surface area contributed by atoms with E-state index < -0.39 is 41.7 Å². The molecule has 1 amide bonds. The van der Waals surface area contributed by atoms with Gasteiger partial charge in [-0.05, 0) is 31.2 Å². The predicted molar refractivity (Wildman–Crippen MR) is 92.7 cm³/mol. The Hall–Kier alpha value is -3.00. The molecule has 0 atom stereocenters. The molecule has 0 bridgehead atoms. The van der Waals surface area contributed by atoms with Gasteiger partial charge < -0.3 is 14.8 Å². The van der Waals surface area contributed by atoms with Gasteiger partial charge in [-0.2, -0.15) is 0 Å². The monoisotopic (exact) mass is 397 g/mol. The average molecular weight is 398 g/mol. The fraction of sp³-hybridized carbons (Fsp3) is 0.167. The van der Waals surface area contributed by atoms with Gasteiger partial charge in [0.1, 0.15) is 0 Å². The normalized spacial score (nSPS) is 10.2. The molecule has 1 N–H and O–H groups in total. The Labute approximate surface area is 158 Å². The van der Waals surface area contributed by atoms with Crippen LogP contribution in [-0.4, -0.2) is 31.1 Å². The van der Waals surface area contributed by atoms with E-state index in [2.05, 4.69) is 5.32 Å². The number of benzene rings is 2. The van der Waals surface area contributed by atoms with Crippen molar-refractivity contribution < 1.29 is 32.6 Å². The highest BCUT2D eigenvalue weighted by Gasteiger charge is 2.18. The van der Waals surface area contributed by atoms with Gasteiger partial charge in [-0.25, -0.2) is 18.4 Å². The van der Waals surface area contributed by atoms with E-state index in [1.807, 2.05) is 0 Å². The summed E-state index contributed by atoms with van der Waals surface area (Å²) in [6.45, 7) is 1.07. The number of ether oxygens (including phenoxy) is 2. The Bertz CT molecular complexity index is 888. The number of nitrogens with one attached hydrogen (secondary N) is 1. The molecule has 0 heterocycles. The van der Waals surface area contributed by atoms with E-state index >= 15 is 0 Å².